The van der Waals surface area contributed by atoms with Crippen molar-refractivity contribution in [3.8, 4) is 0 Å². The average Bonchev–Trinajstić information content (AvgIpc) is 2.83. The molecule has 4 rings (SSSR count). The number of nitrogens with zero attached hydrogens (tertiary/aromatic N) is 1. The van der Waals surface area contributed by atoms with Crippen LogP contribution in [0.5, 0.6) is 0 Å². The van der Waals surface area contributed by atoms with Crippen molar-refractivity contribution in [2.45, 2.75) is 6.54 Å². The molecule has 0 aliphatic carbocycles. The summed E-state index contributed by atoms with van der Waals surface area (Å²) >= 11 is 0. The number of benzene rings is 3. The third-order valence-electron chi connectivity index (χ3n) is 4.15. The highest BCUT2D eigenvalue weighted by Crippen LogP contribution is 2.28. The molecule has 1 aliphatic heterocycles. The number of allylic oxidation sites excluding steroid dienone is 1. The van der Waals surface area contributed by atoms with Crippen molar-refractivity contribution in [2.24, 2.45) is 4.99 Å². The lowest BCUT2D eigenvalue weighted by Gasteiger charge is -2.11. The van der Waals surface area contributed by atoms with Crippen LogP contribution in [-0.2, 0) is 6.54 Å². The minimum Gasteiger partial charge on any atom is -0.279 e. The Hall–Kier alpha value is -2.93. The Morgan fingerprint density at radius 1 is 0.609 bits per heavy atom. The first-order valence-corrected chi connectivity index (χ1v) is 7.87. The van der Waals surface area contributed by atoms with Gasteiger partial charge in [0.2, 0.25) is 0 Å². The molecule has 0 bridgehead atoms. The molecule has 0 spiro atoms. The van der Waals surface area contributed by atoms with Crippen LogP contribution in [0.25, 0.3) is 11.6 Å². The first-order chi connectivity index (χ1) is 11.4. The molecule has 0 atom stereocenters. The molecule has 0 radical (unpaired) electrons. The highest BCUT2D eigenvalue weighted by Gasteiger charge is 2.16. The first-order valence-electron chi connectivity index (χ1n) is 7.87. The van der Waals surface area contributed by atoms with E-state index in [1.54, 1.807) is 0 Å². The van der Waals surface area contributed by atoms with Crippen LogP contribution in [0.3, 0.4) is 0 Å². The zero-order valence-electron chi connectivity index (χ0n) is 12.8. The standard InChI is InChI=1S/C22H17N/c1-3-9-17(10-4-1)21-15-19-13-7-8-14-20(19)16-23-22(21)18-11-5-2-6-12-18/h1-15H,16H2. The summed E-state index contributed by atoms with van der Waals surface area (Å²) in [7, 11) is 0. The zero-order chi connectivity index (χ0) is 15.5. The summed E-state index contributed by atoms with van der Waals surface area (Å²) in [5.74, 6) is 0. The Morgan fingerprint density at radius 2 is 1.22 bits per heavy atom. The van der Waals surface area contributed by atoms with E-state index in [4.69, 9.17) is 4.99 Å². The summed E-state index contributed by atoms with van der Waals surface area (Å²) < 4.78 is 0. The average molecular weight is 295 g/mol. The second-order valence-corrected chi connectivity index (χ2v) is 5.65. The van der Waals surface area contributed by atoms with Crippen molar-refractivity contribution in [1.82, 2.24) is 0 Å². The Labute approximate surface area is 136 Å². The molecule has 0 amide bonds. The van der Waals surface area contributed by atoms with Crippen molar-refractivity contribution in [3.05, 3.63) is 107 Å². The van der Waals surface area contributed by atoms with Gasteiger partial charge in [0.25, 0.3) is 0 Å². The Morgan fingerprint density at radius 3 is 1.96 bits per heavy atom. The van der Waals surface area contributed by atoms with Crippen molar-refractivity contribution in [3.63, 3.8) is 0 Å². The number of fused-ring (bicyclic) bond motifs is 1. The van der Waals surface area contributed by atoms with Gasteiger partial charge in [0.15, 0.2) is 0 Å². The summed E-state index contributed by atoms with van der Waals surface area (Å²) in [6.07, 6.45) is 2.27. The van der Waals surface area contributed by atoms with Gasteiger partial charge in [0.05, 0.1) is 12.3 Å². The van der Waals surface area contributed by atoms with Crippen LogP contribution < -0.4 is 0 Å². The lowest BCUT2D eigenvalue weighted by Crippen LogP contribution is -2.04. The number of hydrogen-bond acceptors (Lipinski definition) is 1. The molecule has 1 heterocycles. The molecule has 0 saturated carbocycles. The van der Waals surface area contributed by atoms with E-state index in [1.807, 2.05) is 12.1 Å². The highest BCUT2D eigenvalue weighted by molar-refractivity contribution is 6.35. The number of hydrogen-bond donors (Lipinski definition) is 0. The smallest absolute Gasteiger partial charge is 0.0729 e. The van der Waals surface area contributed by atoms with Crippen LogP contribution in [0.4, 0.5) is 0 Å². The first kappa shape index (κ1) is 13.7. The summed E-state index contributed by atoms with van der Waals surface area (Å²) in [5, 5.41) is 0. The fraction of sp³-hybridized carbons (Fsp3) is 0.0455. The predicted molar refractivity (Wildman–Crippen MR) is 97.4 cm³/mol. The van der Waals surface area contributed by atoms with Crippen molar-refractivity contribution in [2.75, 3.05) is 0 Å². The fourth-order valence-corrected chi connectivity index (χ4v) is 2.97. The molecular formula is C22H17N. The van der Waals surface area contributed by atoms with Crippen LogP contribution in [0.2, 0.25) is 0 Å². The van der Waals surface area contributed by atoms with Gasteiger partial charge in [-0.25, -0.2) is 0 Å². The molecule has 1 nitrogen and oxygen atoms in total. The van der Waals surface area contributed by atoms with E-state index in [0.29, 0.717) is 6.54 Å². The van der Waals surface area contributed by atoms with Crippen LogP contribution in [0, 0.1) is 0 Å². The molecular weight excluding hydrogens is 278 g/mol. The molecule has 0 fully saturated rings. The minimum atomic E-state index is 0.716. The fourth-order valence-electron chi connectivity index (χ4n) is 2.97. The Bertz CT molecular complexity index is 874. The van der Waals surface area contributed by atoms with Gasteiger partial charge >= 0.3 is 0 Å². The van der Waals surface area contributed by atoms with Crippen molar-refractivity contribution < 1.29 is 0 Å². The molecule has 0 N–H and O–H groups in total. The molecule has 0 aromatic heterocycles. The van der Waals surface area contributed by atoms with E-state index in [1.165, 1.54) is 22.3 Å². The molecule has 23 heavy (non-hydrogen) atoms. The minimum absolute atomic E-state index is 0.716. The monoisotopic (exact) mass is 295 g/mol. The molecule has 1 aliphatic rings. The Balaban J connectivity index is 1.93. The predicted octanol–water partition coefficient (Wildman–Crippen LogP) is 5.23. The number of aliphatic imine (C=N–C) groups is 1. The summed E-state index contributed by atoms with van der Waals surface area (Å²) in [6, 6.07) is 29.4. The van der Waals surface area contributed by atoms with Gasteiger partial charge in [0.1, 0.15) is 0 Å². The molecule has 0 unspecified atom stereocenters. The van der Waals surface area contributed by atoms with Gasteiger partial charge in [0, 0.05) is 11.1 Å². The third kappa shape index (κ3) is 2.74. The van der Waals surface area contributed by atoms with Gasteiger partial charge in [-0.1, -0.05) is 84.9 Å². The van der Waals surface area contributed by atoms with E-state index < -0.39 is 0 Å². The van der Waals surface area contributed by atoms with E-state index in [-0.39, 0.29) is 0 Å². The van der Waals surface area contributed by atoms with Gasteiger partial charge < -0.3 is 0 Å². The zero-order valence-corrected chi connectivity index (χ0v) is 12.8. The van der Waals surface area contributed by atoms with E-state index in [2.05, 4.69) is 78.9 Å². The normalized spacial score (nSPS) is 13.6. The van der Waals surface area contributed by atoms with Gasteiger partial charge in [-0.2, -0.15) is 0 Å². The molecule has 110 valence electrons. The quantitative estimate of drug-likeness (QED) is 0.614. The summed E-state index contributed by atoms with van der Waals surface area (Å²) in [5.41, 5.74) is 7.13. The van der Waals surface area contributed by atoms with Crippen molar-refractivity contribution >= 4 is 17.4 Å². The maximum absolute atomic E-state index is 4.94. The topological polar surface area (TPSA) is 12.4 Å². The van der Waals surface area contributed by atoms with E-state index >= 15 is 0 Å². The van der Waals surface area contributed by atoms with Gasteiger partial charge in [-0.15, -0.1) is 0 Å². The summed E-state index contributed by atoms with van der Waals surface area (Å²) in [6.45, 7) is 0.716. The largest absolute Gasteiger partial charge is 0.279 e. The van der Waals surface area contributed by atoms with E-state index in [9.17, 15) is 0 Å². The summed E-state index contributed by atoms with van der Waals surface area (Å²) in [4.78, 5) is 4.94. The molecule has 0 saturated heterocycles. The Kier molecular flexibility index (Phi) is 3.61. The van der Waals surface area contributed by atoms with Gasteiger partial charge in [-0.05, 0) is 22.8 Å². The van der Waals surface area contributed by atoms with Crippen LogP contribution in [-0.4, -0.2) is 5.71 Å². The molecule has 1 heteroatoms. The second kappa shape index (κ2) is 6.05. The lowest BCUT2D eigenvalue weighted by atomic mass is 9.94. The maximum Gasteiger partial charge on any atom is 0.0729 e. The lowest BCUT2D eigenvalue weighted by molar-refractivity contribution is 1.07. The van der Waals surface area contributed by atoms with Crippen LogP contribution >= 0.6 is 0 Å². The SMILES string of the molecule is C1=C(c2ccccc2)C(c2ccccc2)=NCc2ccccc21. The second-order valence-electron chi connectivity index (χ2n) is 5.65. The van der Waals surface area contributed by atoms with Gasteiger partial charge in [-0.3, -0.25) is 4.99 Å². The van der Waals surface area contributed by atoms with Crippen molar-refractivity contribution in [1.29, 1.82) is 0 Å². The van der Waals surface area contributed by atoms with E-state index in [0.717, 1.165) is 11.3 Å². The number of rotatable bonds is 2. The van der Waals surface area contributed by atoms with Crippen LogP contribution in [0.15, 0.2) is 89.9 Å². The highest BCUT2D eigenvalue weighted by atomic mass is 14.7. The van der Waals surface area contributed by atoms with Crippen LogP contribution in [0.1, 0.15) is 22.3 Å². The molecule has 3 aromatic rings. The maximum atomic E-state index is 4.94. The third-order valence-corrected chi connectivity index (χ3v) is 4.15. The molecule has 3 aromatic carbocycles.